The minimum absolute atomic E-state index is 0.123. The summed E-state index contributed by atoms with van der Waals surface area (Å²) < 4.78 is 0. The third kappa shape index (κ3) is 4.91. The lowest BCUT2D eigenvalue weighted by atomic mass is 10.1. The van der Waals surface area contributed by atoms with Crippen molar-refractivity contribution in [3.05, 3.63) is 54.4 Å². The average molecular weight is 283 g/mol. The lowest BCUT2D eigenvalue weighted by molar-refractivity contribution is 0.0947. The van der Waals surface area contributed by atoms with Crippen molar-refractivity contribution in [2.75, 3.05) is 11.9 Å². The van der Waals surface area contributed by atoms with Crippen molar-refractivity contribution in [2.45, 2.75) is 20.3 Å². The van der Waals surface area contributed by atoms with E-state index in [1.54, 1.807) is 12.3 Å². The van der Waals surface area contributed by atoms with Crippen LogP contribution < -0.4 is 10.6 Å². The van der Waals surface area contributed by atoms with Crippen LogP contribution in [0.4, 0.5) is 11.4 Å². The molecule has 1 amide bonds. The molecule has 1 heterocycles. The summed E-state index contributed by atoms with van der Waals surface area (Å²) in [6, 6.07) is 13.4. The minimum atomic E-state index is -0.123. The second-order valence-electron chi connectivity index (χ2n) is 5.36. The standard InChI is InChI=1S/C17H21N3O/c1-13(2)10-11-18-17(21)16-9-8-15(12-19-16)20-14-6-4-3-5-7-14/h3-9,12-13,20H,10-11H2,1-2H3,(H,18,21). The van der Waals surface area contributed by atoms with Gasteiger partial charge in [-0.05, 0) is 36.6 Å². The highest BCUT2D eigenvalue weighted by molar-refractivity contribution is 5.92. The van der Waals surface area contributed by atoms with Gasteiger partial charge in [-0.25, -0.2) is 4.98 Å². The number of carbonyl (C=O) groups excluding carboxylic acids is 1. The van der Waals surface area contributed by atoms with Crippen LogP contribution in [0.15, 0.2) is 48.7 Å². The van der Waals surface area contributed by atoms with Crippen LogP contribution in [0.25, 0.3) is 0 Å². The van der Waals surface area contributed by atoms with Crippen LogP contribution >= 0.6 is 0 Å². The van der Waals surface area contributed by atoms with E-state index in [-0.39, 0.29) is 5.91 Å². The van der Waals surface area contributed by atoms with E-state index in [0.29, 0.717) is 18.2 Å². The van der Waals surface area contributed by atoms with Crippen LogP contribution in [0.1, 0.15) is 30.8 Å². The summed E-state index contributed by atoms with van der Waals surface area (Å²) in [6.07, 6.45) is 2.64. The van der Waals surface area contributed by atoms with Crippen LogP contribution in [-0.4, -0.2) is 17.4 Å². The molecule has 4 heteroatoms. The number of rotatable bonds is 6. The van der Waals surface area contributed by atoms with E-state index >= 15 is 0 Å². The number of pyridine rings is 1. The van der Waals surface area contributed by atoms with E-state index in [9.17, 15) is 4.79 Å². The van der Waals surface area contributed by atoms with Crippen molar-refractivity contribution in [1.29, 1.82) is 0 Å². The molecule has 1 aromatic heterocycles. The molecule has 21 heavy (non-hydrogen) atoms. The Labute approximate surface area is 125 Å². The molecule has 0 atom stereocenters. The quantitative estimate of drug-likeness (QED) is 0.851. The second kappa shape index (κ2) is 7.43. The highest BCUT2D eigenvalue weighted by atomic mass is 16.1. The highest BCUT2D eigenvalue weighted by Gasteiger charge is 2.06. The first-order chi connectivity index (χ1) is 10.1. The van der Waals surface area contributed by atoms with Crippen molar-refractivity contribution >= 4 is 17.3 Å². The number of benzene rings is 1. The first kappa shape index (κ1) is 15.0. The van der Waals surface area contributed by atoms with Crippen molar-refractivity contribution in [1.82, 2.24) is 10.3 Å². The molecule has 0 radical (unpaired) electrons. The van der Waals surface area contributed by atoms with E-state index in [2.05, 4.69) is 29.5 Å². The molecule has 0 spiro atoms. The van der Waals surface area contributed by atoms with Gasteiger partial charge in [-0.2, -0.15) is 0 Å². The normalized spacial score (nSPS) is 10.4. The predicted molar refractivity (Wildman–Crippen MR) is 85.7 cm³/mol. The fourth-order valence-corrected chi connectivity index (χ4v) is 1.86. The highest BCUT2D eigenvalue weighted by Crippen LogP contribution is 2.14. The summed E-state index contributed by atoms with van der Waals surface area (Å²) >= 11 is 0. The number of amides is 1. The van der Waals surface area contributed by atoms with Gasteiger partial charge in [0, 0.05) is 12.2 Å². The molecule has 1 aromatic carbocycles. The molecule has 0 aliphatic carbocycles. The Morgan fingerprint density at radius 3 is 2.48 bits per heavy atom. The Morgan fingerprint density at radius 1 is 1.10 bits per heavy atom. The lowest BCUT2D eigenvalue weighted by Crippen LogP contribution is -2.26. The zero-order valence-corrected chi connectivity index (χ0v) is 12.5. The Kier molecular flexibility index (Phi) is 5.32. The lowest BCUT2D eigenvalue weighted by Gasteiger charge is -2.08. The van der Waals surface area contributed by atoms with Crippen molar-refractivity contribution in [2.24, 2.45) is 5.92 Å². The van der Waals surface area contributed by atoms with E-state index in [1.807, 2.05) is 36.4 Å². The van der Waals surface area contributed by atoms with Crippen molar-refractivity contribution in [3.63, 3.8) is 0 Å². The zero-order valence-electron chi connectivity index (χ0n) is 12.5. The molecular formula is C17H21N3O. The van der Waals surface area contributed by atoms with Gasteiger partial charge in [-0.1, -0.05) is 32.0 Å². The van der Waals surface area contributed by atoms with Gasteiger partial charge < -0.3 is 10.6 Å². The molecule has 2 N–H and O–H groups in total. The molecule has 0 saturated carbocycles. The average Bonchev–Trinajstić information content (AvgIpc) is 2.48. The van der Waals surface area contributed by atoms with Crippen LogP contribution in [0.5, 0.6) is 0 Å². The third-order valence-electron chi connectivity index (χ3n) is 3.07. The Morgan fingerprint density at radius 2 is 1.86 bits per heavy atom. The summed E-state index contributed by atoms with van der Waals surface area (Å²) in [5.74, 6) is 0.456. The number of hydrogen-bond acceptors (Lipinski definition) is 3. The van der Waals surface area contributed by atoms with Gasteiger partial charge in [0.1, 0.15) is 5.69 Å². The second-order valence-corrected chi connectivity index (χ2v) is 5.36. The van der Waals surface area contributed by atoms with Gasteiger partial charge in [0.25, 0.3) is 5.91 Å². The molecule has 0 unspecified atom stereocenters. The molecule has 0 fully saturated rings. The summed E-state index contributed by atoms with van der Waals surface area (Å²) in [6.45, 7) is 4.95. The summed E-state index contributed by atoms with van der Waals surface area (Å²) in [4.78, 5) is 16.1. The number of aromatic nitrogens is 1. The number of hydrogen-bond donors (Lipinski definition) is 2. The van der Waals surface area contributed by atoms with E-state index in [1.165, 1.54) is 0 Å². The minimum Gasteiger partial charge on any atom is -0.354 e. The van der Waals surface area contributed by atoms with Crippen molar-refractivity contribution in [3.8, 4) is 0 Å². The topological polar surface area (TPSA) is 54.0 Å². The molecule has 0 aliphatic heterocycles. The van der Waals surface area contributed by atoms with E-state index < -0.39 is 0 Å². The first-order valence-electron chi connectivity index (χ1n) is 7.21. The monoisotopic (exact) mass is 283 g/mol. The van der Waals surface area contributed by atoms with Gasteiger partial charge in [-0.15, -0.1) is 0 Å². The zero-order chi connectivity index (χ0) is 15.1. The summed E-state index contributed by atoms with van der Waals surface area (Å²) in [5, 5.41) is 6.11. The fourth-order valence-electron chi connectivity index (χ4n) is 1.86. The Balaban J connectivity index is 1.91. The fraction of sp³-hybridized carbons (Fsp3) is 0.294. The largest absolute Gasteiger partial charge is 0.354 e. The van der Waals surface area contributed by atoms with Crippen molar-refractivity contribution < 1.29 is 4.79 Å². The van der Waals surface area contributed by atoms with Crippen LogP contribution in [0, 0.1) is 5.92 Å². The molecule has 0 saturated heterocycles. The maximum absolute atomic E-state index is 11.9. The third-order valence-corrected chi connectivity index (χ3v) is 3.07. The van der Waals surface area contributed by atoms with Gasteiger partial charge >= 0.3 is 0 Å². The SMILES string of the molecule is CC(C)CCNC(=O)c1ccc(Nc2ccccc2)cn1. The molecule has 2 rings (SSSR count). The Bertz CT molecular complexity index is 564. The van der Waals surface area contributed by atoms with Gasteiger partial charge in [0.05, 0.1) is 11.9 Å². The Hall–Kier alpha value is -2.36. The molecule has 2 aromatic rings. The number of nitrogens with one attached hydrogen (secondary N) is 2. The smallest absolute Gasteiger partial charge is 0.269 e. The van der Waals surface area contributed by atoms with Crippen LogP contribution in [-0.2, 0) is 0 Å². The predicted octanol–water partition coefficient (Wildman–Crippen LogP) is 3.60. The number of nitrogens with zero attached hydrogens (tertiary/aromatic N) is 1. The van der Waals surface area contributed by atoms with Gasteiger partial charge in [0.15, 0.2) is 0 Å². The van der Waals surface area contributed by atoms with Gasteiger partial charge in [-0.3, -0.25) is 4.79 Å². The molecule has 0 aliphatic rings. The first-order valence-corrected chi connectivity index (χ1v) is 7.21. The number of carbonyl (C=O) groups is 1. The van der Waals surface area contributed by atoms with Crippen LogP contribution in [0.2, 0.25) is 0 Å². The van der Waals surface area contributed by atoms with Gasteiger partial charge in [0.2, 0.25) is 0 Å². The number of anilines is 2. The molecule has 0 bridgehead atoms. The maximum Gasteiger partial charge on any atom is 0.269 e. The van der Waals surface area contributed by atoms with E-state index in [0.717, 1.165) is 17.8 Å². The number of para-hydroxylation sites is 1. The molecule has 110 valence electrons. The molecule has 4 nitrogen and oxygen atoms in total. The summed E-state index contributed by atoms with van der Waals surface area (Å²) in [7, 11) is 0. The summed E-state index contributed by atoms with van der Waals surface area (Å²) in [5.41, 5.74) is 2.30. The molecular weight excluding hydrogens is 262 g/mol. The van der Waals surface area contributed by atoms with Crippen LogP contribution in [0.3, 0.4) is 0 Å². The maximum atomic E-state index is 11.9. The van der Waals surface area contributed by atoms with E-state index in [4.69, 9.17) is 0 Å².